The zero-order valence-electron chi connectivity index (χ0n) is 15.8. The second-order valence-electron chi connectivity index (χ2n) is 6.68. The second-order valence-corrected chi connectivity index (χ2v) is 7.65. The summed E-state index contributed by atoms with van der Waals surface area (Å²) in [5.74, 6) is 0.427. The van der Waals surface area contributed by atoms with Gasteiger partial charge in [-0.3, -0.25) is 14.6 Å². The Balaban J connectivity index is 1.57. The quantitative estimate of drug-likeness (QED) is 0.598. The summed E-state index contributed by atoms with van der Waals surface area (Å²) in [4.78, 5) is 27.0. The maximum atomic E-state index is 12.3. The molecule has 0 unspecified atom stereocenters. The lowest BCUT2D eigenvalue weighted by atomic mass is 10.0. The first-order valence-corrected chi connectivity index (χ1v) is 10.0. The molecule has 1 aromatic heterocycles. The lowest BCUT2D eigenvalue weighted by Gasteiger charge is -2.07. The smallest absolute Gasteiger partial charge is 0.273 e. The van der Waals surface area contributed by atoms with Gasteiger partial charge in [0.25, 0.3) is 5.56 Å². The molecule has 1 amide bonds. The van der Waals surface area contributed by atoms with Crippen LogP contribution in [0.25, 0.3) is 0 Å². The number of rotatable bonds is 7. The Morgan fingerprint density at radius 3 is 2.43 bits per heavy atom. The van der Waals surface area contributed by atoms with Crippen LogP contribution in [0, 0.1) is 0 Å². The summed E-state index contributed by atoms with van der Waals surface area (Å²) in [6, 6.07) is 17.3. The number of carbonyl (C=O) groups excluding carboxylic acids is 1. The van der Waals surface area contributed by atoms with Gasteiger partial charge in [-0.1, -0.05) is 68.1 Å². The summed E-state index contributed by atoms with van der Waals surface area (Å²) in [5.41, 5.74) is 3.06. The zero-order valence-corrected chi connectivity index (χ0v) is 16.6. The van der Waals surface area contributed by atoms with Crippen LogP contribution in [-0.2, 0) is 11.2 Å². The Morgan fingerprint density at radius 1 is 1.07 bits per heavy atom. The molecule has 0 atom stereocenters. The molecule has 2 aromatic carbocycles. The highest BCUT2D eigenvalue weighted by atomic mass is 32.2. The normalized spacial score (nSPS) is 10.8. The van der Waals surface area contributed by atoms with E-state index < -0.39 is 0 Å². The fraction of sp³-hybridized carbons (Fsp3) is 0.238. The third-order valence-corrected chi connectivity index (χ3v) is 5.02. The Hall–Kier alpha value is -2.93. The fourth-order valence-electron chi connectivity index (χ4n) is 2.59. The molecule has 1 heterocycles. The van der Waals surface area contributed by atoms with E-state index in [1.165, 1.54) is 5.56 Å². The van der Waals surface area contributed by atoms with E-state index in [4.69, 9.17) is 0 Å². The summed E-state index contributed by atoms with van der Waals surface area (Å²) in [6.45, 7) is 4.28. The molecule has 0 saturated heterocycles. The molecule has 0 aliphatic rings. The topological polar surface area (TPSA) is 87.7 Å². The first kappa shape index (κ1) is 19.8. The molecular formula is C21H22N4O2S. The Labute approximate surface area is 167 Å². The average Bonchev–Trinajstić information content (AvgIpc) is 2.69. The number of anilines is 1. The van der Waals surface area contributed by atoms with Crippen molar-refractivity contribution in [2.24, 2.45) is 0 Å². The molecular weight excluding hydrogens is 372 g/mol. The number of aromatic nitrogens is 3. The van der Waals surface area contributed by atoms with Crippen molar-refractivity contribution >= 4 is 23.4 Å². The number of H-pyrrole nitrogens is 1. The van der Waals surface area contributed by atoms with Crippen molar-refractivity contribution < 1.29 is 4.79 Å². The third-order valence-electron chi connectivity index (χ3n) is 4.16. The second kappa shape index (κ2) is 9.32. The van der Waals surface area contributed by atoms with Gasteiger partial charge in [0.1, 0.15) is 5.69 Å². The molecule has 28 heavy (non-hydrogen) atoms. The Morgan fingerprint density at radius 2 is 1.79 bits per heavy atom. The van der Waals surface area contributed by atoms with Crippen molar-refractivity contribution in [3.05, 3.63) is 81.8 Å². The van der Waals surface area contributed by atoms with Crippen molar-refractivity contribution in [1.82, 2.24) is 15.2 Å². The van der Waals surface area contributed by atoms with E-state index in [1.807, 2.05) is 42.5 Å². The van der Waals surface area contributed by atoms with Crippen molar-refractivity contribution in [3.63, 3.8) is 0 Å². The van der Waals surface area contributed by atoms with E-state index in [0.717, 1.165) is 23.0 Å². The number of thioether (sulfide) groups is 1. The number of aromatic amines is 1. The van der Waals surface area contributed by atoms with Gasteiger partial charge in [0.2, 0.25) is 5.91 Å². The molecule has 6 nitrogen and oxygen atoms in total. The monoisotopic (exact) mass is 394 g/mol. The van der Waals surface area contributed by atoms with Gasteiger partial charge in [-0.05, 0) is 29.2 Å². The highest BCUT2D eigenvalue weighted by Gasteiger charge is 2.09. The van der Waals surface area contributed by atoms with Crippen LogP contribution in [0.2, 0.25) is 0 Å². The predicted molar refractivity (Wildman–Crippen MR) is 112 cm³/mol. The van der Waals surface area contributed by atoms with Crippen LogP contribution in [0.4, 0.5) is 5.69 Å². The van der Waals surface area contributed by atoms with Crippen molar-refractivity contribution in [1.29, 1.82) is 0 Å². The predicted octanol–water partition coefficient (Wildman–Crippen LogP) is 3.61. The average molecular weight is 395 g/mol. The fourth-order valence-corrected chi connectivity index (χ4v) is 3.20. The van der Waals surface area contributed by atoms with Crippen LogP contribution in [0.5, 0.6) is 0 Å². The molecule has 144 valence electrons. The van der Waals surface area contributed by atoms with E-state index in [9.17, 15) is 9.59 Å². The minimum Gasteiger partial charge on any atom is -0.325 e. The van der Waals surface area contributed by atoms with Crippen molar-refractivity contribution in [2.75, 3.05) is 11.1 Å². The van der Waals surface area contributed by atoms with Crippen molar-refractivity contribution in [3.8, 4) is 0 Å². The summed E-state index contributed by atoms with van der Waals surface area (Å²) < 4.78 is 0. The largest absolute Gasteiger partial charge is 0.325 e. The Kier molecular flexibility index (Phi) is 6.60. The summed E-state index contributed by atoms with van der Waals surface area (Å²) in [7, 11) is 0. The Bertz CT molecular complexity index is 985. The number of amides is 1. The summed E-state index contributed by atoms with van der Waals surface area (Å²) >= 11 is 1.14. The minimum atomic E-state index is -0.283. The van der Waals surface area contributed by atoms with Gasteiger partial charge >= 0.3 is 0 Å². The van der Waals surface area contributed by atoms with Crippen LogP contribution in [0.1, 0.15) is 36.6 Å². The molecule has 0 saturated carbocycles. The molecule has 0 fully saturated rings. The standard InChI is InChI=1S/C21H22N4O2S/c1-14(2)16-10-8-15(9-11-16)12-18-20(27)23-21(25-24-18)28-13-19(26)22-17-6-4-3-5-7-17/h3-11,14H,12-13H2,1-2H3,(H,22,26)(H,23,25,27). The van der Waals surface area contributed by atoms with Crippen LogP contribution < -0.4 is 10.9 Å². The molecule has 0 aliphatic heterocycles. The lowest BCUT2D eigenvalue weighted by Crippen LogP contribution is -2.19. The van der Waals surface area contributed by atoms with E-state index in [-0.39, 0.29) is 17.2 Å². The van der Waals surface area contributed by atoms with Gasteiger partial charge in [-0.15, -0.1) is 10.2 Å². The SMILES string of the molecule is CC(C)c1ccc(Cc2nnc(SCC(=O)Nc3ccccc3)[nH]c2=O)cc1. The van der Waals surface area contributed by atoms with Gasteiger partial charge in [0, 0.05) is 12.1 Å². The number of carbonyl (C=O) groups is 1. The van der Waals surface area contributed by atoms with Crippen LogP contribution >= 0.6 is 11.8 Å². The molecule has 3 aromatic rings. The van der Waals surface area contributed by atoms with E-state index in [1.54, 1.807) is 0 Å². The van der Waals surface area contributed by atoms with Crippen molar-refractivity contribution in [2.45, 2.75) is 31.3 Å². The van der Waals surface area contributed by atoms with Crippen LogP contribution in [-0.4, -0.2) is 26.8 Å². The van der Waals surface area contributed by atoms with Gasteiger partial charge in [0.05, 0.1) is 5.75 Å². The van der Waals surface area contributed by atoms with E-state index >= 15 is 0 Å². The number of nitrogens with zero attached hydrogens (tertiary/aromatic N) is 2. The van der Waals surface area contributed by atoms with E-state index in [0.29, 0.717) is 23.2 Å². The van der Waals surface area contributed by atoms with Gasteiger partial charge < -0.3 is 5.32 Å². The molecule has 0 aliphatic carbocycles. The van der Waals surface area contributed by atoms with Gasteiger partial charge in [0.15, 0.2) is 5.16 Å². The molecule has 7 heteroatoms. The highest BCUT2D eigenvalue weighted by Crippen LogP contribution is 2.16. The molecule has 0 radical (unpaired) electrons. The zero-order chi connectivity index (χ0) is 19.9. The number of hydrogen-bond donors (Lipinski definition) is 2. The maximum Gasteiger partial charge on any atom is 0.273 e. The minimum absolute atomic E-state index is 0.134. The third kappa shape index (κ3) is 5.53. The van der Waals surface area contributed by atoms with Crippen LogP contribution in [0.15, 0.2) is 64.5 Å². The number of para-hydroxylation sites is 1. The molecule has 2 N–H and O–H groups in total. The van der Waals surface area contributed by atoms with Gasteiger partial charge in [-0.25, -0.2) is 0 Å². The summed E-state index contributed by atoms with van der Waals surface area (Å²) in [6.07, 6.45) is 0.417. The van der Waals surface area contributed by atoms with Crippen LogP contribution in [0.3, 0.4) is 0 Å². The number of benzene rings is 2. The molecule has 3 rings (SSSR count). The first-order valence-electron chi connectivity index (χ1n) is 9.03. The lowest BCUT2D eigenvalue weighted by molar-refractivity contribution is -0.113. The number of nitrogens with one attached hydrogen (secondary N) is 2. The maximum absolute atomic E-state index is 12.3. The first-order chi connectivity index (χ1) is 13.5. The summed E-state index contributed by atoms with van der Waals surface area (Å²) in [5, 5.41) is 11.2. The van der Waals surface area contributed by atoms with Gasteiger partial charge in [-0.2, -0.15) is 0 Å². The molecule has 0 spiro atoms. The van der Waals surface area contributed by atoms with E-state index in [2.05, 4.69) is 46.5 Å². The highest BCUT2D eigenvalue weighted by molar-refractivity contribution is 7.99. The molecule has 0 bridgehead atoms. The number of hydrogen-bond acceptors (Lipinski definition) is 5.